The average molecular weight is 383 g/mol. The number of unbranched alkanes of at least 4 members (excludes halogenated alkanes) is 6. The van der Waals surface area contributed by atoms with Crippen molar-refractivity contribution >= 4 is 11.9 Å². The molecule has 0 aromatic heterocycles. The first-order valence-corrected chi connectivity index (χ1v) is 10.2. The highest BCUT2D eigenvalue weighted by atomic mass is 16.7. The Balaban J connectivity index is 1.85. The van der Waals surface area contributed by atoms with Crippen molar-refractivity contribution < 1.29 is 19.1 Å². The Kier molecular flexibility index (Phi) is 9.84. The number of Topliss-reactive ketones (excluding diaryl/α,β-unsaturated/α-hetero) is 1. The van der Waals surface area contributed by atoms with Gasteiger partial charge in [-0.25, -0.2) is 4.79 Å². The second kappa shape index (κ2) is 12.7. The van der Waals surface area contributed by atoms with Crippen molar-refractivity contribution in [1.29, 1.82) is 0 Å². The molecule has 0 aliphatic carbocycles. The predicted molar refractivity (Wildman–Crippen MR) is 110 cm³/mol. The average Bonchev–Trinajstić information content (AvgIpc) is 2.74. The van der Waals surface area contributed by atoms with E-state index in [4.69, 9.17) is 9.47 Å². The fraction of sp³-hybridized carbons (Fsp3) is 0.417. The van der Waals surface area contributed by atoms with Gasteiger partial charge in [0.15, 0.2) is 6.10 Å². The highest BCUT2D eigenvalue weighted by molar-refractivity contribution is 6.00. The van der Waals surface area contributed by atoms with E-state index in [1.54, 1.807) is 36.4 Å². The monoisotopic (exact) mass is 382 g/mol. The number of carbonyl (C=O) groups excluding carboxylic acids is 2. The van der Waals surface area contributed by atoms with Crippen LogP contribution in [0.4, 0.5) is 4.79 Å². The zero-order valence-corrected chi connectivity index (χ0v) is 16.6. The first-order valence-electron chi connectivity index (χ1n) is 10.2. The molecule has 2 aromatic carbocycles. The summed E-state index contributed by atoms with van der Waals surface area (Å²) >= 11 is 0. The van der Waals surface area contributed by atoms with Crippen LogP contribution in [0.15, 0.2) is 60.7 Å². The molecule has 4 nitrogen and oxygen atoms in total. The van der Waals surface area contributed by atoms with Gasteiger partial charge in [0.25, 0.3) is 0 Å². The van der Waals surface area contributed by atoms with Crippen molar-refractivity contribution in [2.45, 2.75) is 58.0 Å². The van der Waals surface area contributed by atoms with Crippen LogP contribution in [0.5, 0.6) is 0 Å². The molecule has 4 heteroatoms. The van der Waals surface area contributed by atoms with Gasteiger partial charge < -0.3 is 9.47 Å². The van der Waals surface area contributed by atoms with E-state index in [2.05, 4.69) is 6.92 Å². The standard InChI is InChI=1S/C24H30O4/c1-2-3-4-5-6-7-14-19-27-24(26)28-23(21-17-12-9-13-18-21)22(25)20-15-10-8-11-16-20/h8-13,15-18,23H,2-7,14,19H2,1H3. The maximum absolute atomic E-state index is 12.8. The van der Waals surface area contributed by atoms with E-state index in [0.29, 0.717) is 17.7 Å². The Morgan fingerprint density at radius 2 is 1.36 bits per heavy atom. The van der Waals surface area contributed by atoms with E-state index in [9.17, 15) is 9.59 Å². The Morgan fingerprint density at radius 3 is 2.00 bits per heavy atom. The van der Waals surface area contributed by atoms with Crippen LogP contribution in [0.2, 0.25) is 0 Å². The van der Waals surface area contributed by atoms with Crippen molar-refractivity contribution in [3.63, 3.8) is 0 Å². The third kappa shape index (κ3) is 7.55. The van der Waals surface area contributed by atoms with Crippen molar-refractivity contribution in [1.82, 2.24) is 0 Å². The summed E-state index contributed by atoms with van der Waals surface area (Å²) in [5.41, 5.74) is 1.13. The van der Waals surface area contributed by atoms with Crippen LogP contribution in [0.3, 0.4) is 0 Å². The molecule has 0 amide bonds. The Bertz CT molecular complexity index is 697. The fourth-order valence-corrected chi connectivity index (χ4v) is 3.00. The minimum absolute atomic E-state index is 0.264. The van der Waals surface area contributed by atoms with Crippen LogP contribution in [-0.4, -0.2) is 18.5 Å². The van der Waals surface area contributed by atoms with Gasteiger partial charge in [-0.1, -0.05) is 106 Å². The quantitative estimate of drug-likeness (QED) is 0.238. The molecule has 150 valence electrons. The lowest BCUT2D eigenvalue weighted by atomic mass is 10.00. The second-order valence-corrected chi connectivity index (χ2v) is 6.86. The minimum atomic E-state index is -1.01. The van der Waals surface area contributed by atoms with E-state index in [0.717, 1.165) is 19.3 Å². The van der Waals surface area contributed by atoms with Crippen LogP contribution < -0.4 is 0 Å². The number of hydrogen-bond donors (Lipinski definition) is 0. The van der Waals surface area contributed by atoms with Crippen LogP contribution in [-0.2, 0) is 9.47 Å². The summed E-state index contributed by atoms with van der Waals surface area (Å²) in [6, 6.07) is 17.9. The van der Waals surface area contributed by atoms with Crippen molar-refractivity contribution in [3.8, 4) is 0 Å². The molecule has 28 heavy (non-hydrogen) atoms. The van der Waals surface area contributed by atoms with Gasteiger partial charge in [-0.2, -0.15) is 0 Å². The first kappa shape index (κ1) is 21.7. The third-order valence-corrected chi connectivity index (χ3v) is 4.58. The van der Waals surface area contributed by atoms with Gasteiger partial charge in [0.2, 0.25) is 5.78 Å². The van der Waals surface area contributed by atoms with Crippen molar-refractivity contribution in [2.75, 3.05) is 6.61 Å². The number of hydrogen-bond acceptors (Lipinski definition) is 4. The smallest absolute Gasteiger partial charge is 0.434 e. The number of rotatable bonds is 12. The van der Waals surface area contributed by atoms with Gasteiger partial charge in [-0.05, 0) is 6.42 Å². The molecule has 0 radical (unpaired) electrons. The molecule has 1 atom stereocenters. The molecular formula is C24H30O4. The summed E-state index contributed by atoms with van der Waals surface area (Å²) in [5, 5.41) is 0. The van der Waals surface area contributed by atoms with Crippen LogP contribution in [0, 0.1) is 0 Å². The van der Waals surface area contributed by atoms with E-state index in [1.165, 1.54) is 25.7 Å². The molecule has 0 saturated carbocycles. The lowest BCUT2D eigenvalue weighted by molar-refractivity contribution is 0.0215. The minimum Gasteiger partial charge on any atom is -0.434 e. The number of ether oxygens (including phenoxy) is 2. The molecule has 1 unspecified atom stereocenters. The topological polar surface area (TPSA) is 52.6 Å². The molecule has 0 fully saturated rings. The molecular weight excluding hydrogens is 352 g/mol. The van der Waals surface area contributed by atoms with Crippen LogP contribution in [0.25, 0.3) is 0 Å². The van der Waals surface area contributed by atoms with Gasteiger partial charge in [-0.15, -0.1) is 0 Å². The summed E-state index contributed by atoms with van der Waals surface area (Å²) in [7, 11) is 0. The fourth-order valence-electron chi connectivity index (χ4n) is 3.00. The van der Waals surface area contributed by atoms with Gasteiger partial charge >= 0.3 is 6.16 Å². The summed E-state index contributed by atoms with van der Waals surface area (Å²) in [6.45, 7) is 2.51. The zero-order chi connectivity index (χ0) is 20.0. The van der Waals surface area contributed by atoms with E-state index in [-0.39, 0.29) is 5.78 Å². The normalized spacial score (nSPS) is 11.6. The maximum Gasteiger partial charge on any atom is 0.509 e. The zero-order valence-electron chi connectivity index (χ0n) is 16.6. The highest BCUT2D eigenvalue weighted by Crippen LogP contribution is 2.23. The number of ketones is 1. The molecule has 0 bridgehead atoms. The van der Waals surface area contributed by atoms with Crippen molar-refractivity contribution in [3.05, 3.63) is 71.8 Å². The number of carbonyl (C=O) groups is 2. The van der Waals surface area contributed by atoms with Gasteiger partial charge in [0.1, 0.15) is 0 Å². The van der Waals surface area contributed by atoms with Gasteiger partial charge in [-0.3, -0.25) is 4.79 Å². The molecule has 0 aliphatic rings. The molecule has 0 spiro atoms. The summed E-state index contributed by atoms with van der Waals surface area (Å²) < 4.78 is 10.6. The van der Waals surface area contributed by atoms with Crippen LogP contribution >= 0.6 is 0 Å². The van der Waals surface area contributed by atoms with E-state index in [1.807, 2.05) is 24.3 Å². The van der Waals surface area contributed by atoms with Crippen molar-refractivity contribution in [2.24, 2.45) is 0 Å². The Labute approximate surface area is 167 Å². The number of benzene rings is 2. The largest absolute Gasteiger partial charge is 0.509 e. The summed E-state index contributed by atoms with van der Waals surface area (Å²) in [6.07, 6.45) is 6.18. The summed E-state index contributed by atoms with van der Waals surface area (Å²) in [5.74, 6) is -0.264. The highest BCUT2D eigenvalue weighted by Gasteiger charge is 2.26. The van der Waals surface area contributed by atoms with E-state index < -0.39 is 12.3 Å². The molecule has 0 N–H and O–H groups in total. The lowest BCUT2D eigenvalue weighted by Crippen LogP contribution is -2.21. The van der Waals surface area contributed by atoms with E-state index >= 15 is 0 Å². The molecule has 2 rings (SSSR count). The molecule has 0 saturated heterocycles. The Morgan fingerprint density at radius 1 is 0.786 bits per heavy atom. The van der Waals surface area contributed by atoms with Gasteiger partial charge in [0.05, 0.1) is 6.61 Å². The first-order chi connectivity index (χ1) is 13.7. The summed E-state index contributed by atoms with van der Waals surface area (Å²) in [4.78, 5) is 25.0. The predicted octanol–water partition coefficient (Wildman–Crippen LogP) is 6.51. The van der Waals surface area contributed by atoms with Crippen LogP contribution in [0.1, 0.15) is 73.9 Å². The van der Waals surface area contributed by atoms with Gasteiger partial charge in [0, 0.05) is 11.1 Å². The second-order valence-electron chi connectivity index (χ2n) is 6.86. The molecule has 0 heterocycles. The molecule has 2 aromatic rings. The Hall–Kier alpha value is -2.62. The maximum atomic E-state index is 12.8. The third-order valence-electron chi connectivity index (χ3n) is 4.58. The lowest BCUT2D eigenvalue weighted by Gasteiger charge is -2.17. The molecule has 0 aliphatic heterocycles. The SMILES string of the molecule is CCCCCCCCCOC(=O)OC(C(=O)c1ccccc1)c1ccccc1.